The zero-order valence-corrected chi connectivity index (χ0v) is 19.2. The maximum absolute atomic E-state index is 12.8. The third-order valence-electron chi connectivity index (χ3n) is 5.17. The molecule has 2 amide bonds. The fraction of sp³-hybridized carbons (Fsp3) is 0. The normalized spacial score (nSPS) is 10.7. The molecule has 0 atom stereocenters. The Hall–Kier alpha value is -5.53. The van der Waals surface area contributed by atoms with Crippen molar-refractivity contribution < 1.29 is 20.0 Å². The standard InChI is InChI=1S/C27H20N6O4/c28-25(32-36)20-9-11-21(12-10-20)26(34)31-24-15-22(27(35)33-37)14-23(30-24)19-7-5-17(6-8-19)3-4-18-2-1-13-29-16-18/h1-2,5-16,36-37H,(H2,28,32)(H,33,35)(H,30,31,34). The van der Waals surface area contributed by atoms with Crippen LogP contribution in [-0.2, 0) is 0 Å². The molecule has 0 bridgehead atoms. The lowest BCUT2D eigenvalue weighted by Gasteiger charge is -2.10. The maximum atomic E-state index is 12.8. The lowest BCUT2D eigenvalue weighted by molar-refractivity contribution is 0.0706. The number of carbonyl (C=O) groups is 2. The molecular formula is C27H20N6O4. The predicted octanol–water partition coefficient (Wildman–Crippen LogP) is 3.01. The van der Waals surface area contributed by atoms with E-state index in [0.29, 0.717) is 16.8 Å². The van der Waals surface area contributed by atoms with Crippen molar-refractivity contribution >= 4 is 23.5 Å². The third-order valence-corrected chi connectivity index (χ3v) is 5.17. The second-order valence-electron chi connectivity index (χ2n) is 7.65. The molecule has 0 saturated carbocycles. The first-order valence-electron chi connectivity index (χ1n) is 10.8. The van der Waals surface area contributed by atoms with Crippen LogP contribution in [0.4, 0.5) is 5.82 Å². The average Bonchev–Trinajstić information content (AvgIpc) is 2.96. The maximum Gasteiger partial charge on any atom is 0.274 e. The molecule has 0 aliphatic rings. The minimum atomic E-state index is -0.763. The molecule has 2 heterocycles. The number of hydroxylamine groups is 1. The van der Waals surface area contributed by atoms with Crippen LogP contribution in [0.3, 0.4) is 0 Å². The van der Waals surface area contributed by atoms with Crippen molar-refractivity contribution in [2.75, 3.05) is 5.32 Å². The molecule has 0 radical (unpaired) electrons. The van der Waals surface area contributed by atoms with Crippen LogP contribution in [-0.4, -0.2) is 38.0 Å². The number of nitrogens with one attached hydrogen (secondary N) is 2. The average molecular weight is 492 g/mol. The molecule has 0 aliphatic heterocycles. The minimum absolute atomic E-state index is 0.0879. The van der Waals surface area contributed by atoms with Crippen LogP contribution in [0.1, 0.15) is 37.4 Å². The van der Waals surface area contributed by atoms with Crippen molar-refractivity contribution in [2.45, 2.75) is 0 Å². The number of nitrogens with zero attached hydrogens (tertiary/aromatic N) is 3. The van der Waals surface area contributed by atoms with E-state index in [4.69, 9.17) is 16.1 Å². The highest BCUT2D eigenvalue weighted by atomic mass is 16.5. The number of hydrogen-bond donors (Lipinski definition) is 5. The van der Waals surface area contributed by atoms with Crippen molar-refractivity contribution in [3.63, 3.8) is 0 Å². The molecule has 37 heavy (non-hydrogen) atoms. The van der Waals surface area contributed by atoms with Gasteiger partial charge < -0.3 is 16.3 Å². The van der Waals surface area contributed by atoms with E-state index in [-0.39, 0.29) is 22.8 Å². The fourth-order valence-electron chi connectivity index (χ4n) is 3.28. The Kier molecular flexibility index (Phi) is 7.49. The lowest BCUT2D eigenvalue weighted by Crippen LogP contribution is -2.20. The van der Waals surface area contributed by atoms with Gasteiger partial charge in [0.25, 0.3) is 11.8 Å². The van der Waals surface area contributed by atoms with E-state index in [0.717, 1.165) is 11.1 Å². The molecule has 0 saturated heterocycles. The number of benzene rings is 2. The van der Waals surface area contributed by atoms with Gasteiger partial charge in [-0.3, -0.25) is 19.8 Å². The Balaban J connectivity index is 1.59. The number of hydrogen-bond acceptors (Lipinski definition) is 7. The SMILES string of the molecule is NC(=NO)c1ccc(C(=O)Nc2cc(C(=O)NO)cc(-c3ccc(C#Cc4cccnc4)cc3)n2)cc1. The molecule has 10 heteroatoms. The van der Waals surface area contributed by atoms with Gasteiger partial charge in [-0.05, 0) is 48.5 Å². The summed E-state index contributed by atoms with van der Waals surface area (Å²) in [5.41, 5.74) is 10.6. The Morgan fingerprint density at radius 1 is 0.865 bits per heavy atom. The van der Waals surface area contributed by atoms with E-state index in [1.165, 1.54) is 36.4 Å². The molecule has 4 aromatic rings. The van der Waals surface area contributed by atoms with Crippen molar-refractivity contribution in [3.05, 3.63) is 113 Å². The van der Waals surface area contributed by atoms with E-state index in [1.807, 2.05) is 12.1 Å². The van der Waals surface area contributed by atoms with E-state index in [1.54, 1.807) is 42.1 Å². The van der Waals surface area contributed by atoms with Crippen LogP contribution in [0.25, 0.3) is 11.3 Å². The number of amidine groups is 1. The monoisotopic (exact) mass is 492 g/mol. The third kappa shape index (κ3) is 6.13. The quantitative estimate of drug-likeness (QED) is 0.0714. The summed E-state index contributed by atoms with van der Waals surface area (Å²) in [5, 5.41) is 23.5. The number of amides is 2. The number of aromatic nitrogens is 2. The number of nitrogens with two attached hydrogens (primary N) is 1. The van der Waals surface area contributed by atoms with Gasteiger partial charge in [0.2, 0.25) is 0 Å². The largest absolute Gasteiger partial charge is 0.409 e. The molecule has 0 fully saturated rings. The Labute approximate surface area is 211 Å². The van der Waals surface area contributed by atoms with E-state index < -0.39 is 11.8 Å². The Bertz CT molecular complexity index is 1520. The van der Waals surface area contributed by atoms with Crippen molar-refractivity contribution in [1.29, 1.82) is 0 Å². The summed E-state index contributed by atoms with van der Waals surface area (Å²) >= 11 is 0. The Morgan fingerprint density at radius 2 is 1.57 bits per heavy atom. The van der Waals surface area contributed by atoms with Gasteiger partial charge in [-0.15, -0.1) is 0 Å². The molecular weight excluding hydrogens is 472 g/mol. The first-order chi connectivity index (χ1) is 18.0. The van der Waals surface area contributed by atoms with Crippen LogP contribution in [0, 0.1) is 11.8 Å². The van der Waals surface area contributed by atoms with Gasteiger partial charge in [0.15, 0.2) is 5.84 Å². The second kappa shape index (κ2) is 11.3. The number of carbonyl (C=O) groups excluding carboxylic acids is 2. The van der Waals surface area contributed by atoms with Crippen molar-refractivity contribution in [1.82, 2.24) is 15.4 Å². The van der Waals surface area contributed by atoms with Crippen LogP contribution >= 0.6 is 0 Å². The van der Waals surface area contributed by atoms with Crippen LogP contribution in [0.15, 0.2) is 90.3 Å². The van der Waals surface area contributed by atoms with E-state index >= 15 is 0 Å². The summed E-state index contributed by atoms with van der Waals surface area (Å²) in [5.74, 6) is 4.84. The first kappa shape index (κ1) is 24.6. The van der Waals surface area contributed by atoms with Gasteiger partial charge in [0.1, 0.15) is 5.82 Å². The second-order valence-corrected chi connectivity index (χ2v) is 7.65. The summed E-state index contributed by atoms with van der Waals surface area (Å²) < 4.78 is 0. The highest BCUT2D eigenvalue weighted by Gasteiger charge is 2.14. The summed E-state index contributed by atoms with van der Waals surface area (Å²) in [6, 6.07) is 19.7. The number of rotatable bonds is 5. The summed E-state index contributed by atoms with van der Waals surface area (Å²) in [7, 11) is 0. The van der Waals surface area contributed by atoms with Crippen LogP contribution in [0.2, 0.25) is 0 Å². The summed E-state index contributed by atoms with van der Waals surface area (Å²) in [6.07, 6.45) is 3.35. The highest BCUT2D eigenvalue weighted by molar-refractivity contribution is 6.05. The Morgan fingerprint density at radius 3 is 2.22 bits per heavy atom. The van der Waals surface area contributed by atoms with Gasteiger partial charge >= 0.3 is 0 Å². The molecule has 10 nitrogen and oxygen atoms in total. The topological polar surface area (TPSA) is 163 Å². The zero-order chi connectivity index (χ0) is 26.2. The zero-order valence-electron chi connectivity index (χ0n) is 19.2. The lowest BCUT2D eigenvalue weighted by atomic mass is 10.1. The van der Waals surface area contributed by atoms with Gasteiger partial charge in [-0.25, -0.2) is 10.5 Å². The molecule has 6 N–H and O–H groups in total. The van der Waals surface area contributed by atoms with E-state index in [2.05, 4.69) is 32.3 Å². The summed E-state index contributed by atoms with van der Waals surface area (Å²) in [4.78, 5) is 33.4. The molecule has 182 valence electrons. The number of pyridine rings is 2. The molecule has 4 rings (SSSR count). The smallest absolute Gasteiger partial charge is 0.274 e. The van der Waals surface area contributed by atoms with Gasteiger partial charge in [-0.1, -0.05) is 41.3 Å². The highest BCUT2D eigenvalue weighted by Crippen LogP contribution is 2.22. The molecule has 2 aromatic carbocycles. The van der Waals surface area contributed by atoms with Gasteiger partial charge in [-0.2, -0.15) is 0 Å². The summed E-state index contributed by atoms with van der Waals surface area (Å²) in [6.45, 7) is 0. The molecule has 0 spiro atoms. The number of anilines is 1. The van der Waals surface area contributed by atoms with Crippen LogP contribution < -0.4 is 16.5 Å². The van der Waals surface area contributed by atoms with E-state index in [9.17, 15) is 9.59 Å². The first-order valence-corrected chi connectivity index (χ1v) is 10.8. The van der Waals surface area contributed by atoms with Crippen molar-refractivity contribution in [2.24, 2.45) is 10.9 Å². The molecule has 2 aromatic heterocycles. The predicted molar refractivity (Wildman–Crippen MR) is 136 cm³/mol. The molecule has 0 aliphatic carbocycles. The van der Waals surface area contributed by atoms with Crippen LogP contribution in [0.5, 0.6) is 0 Å². The fourth-order valence-corrected chi connectivity index (χ4v) is 3.28. The number of oxime groups is 1. The van der Waals surface area contributed by atoms with Gasteiger partial charge in [0.05, 0.1) is 5.69 Å². The minimum Gasteiger partial charge on any atom is -0.409 e. The van der Waals surface area contributed by atoms with Crippen molar-refractivity contribution in [3.8, 4) is 23.1 Å². The van der Waals surface area contributed by atoms with Gasteiger partial charge in [0, 0.05) is 45.8 Å². The molecule has 0 unspecified atom stereocenters.